The predicted molar refractivity (Wildman–Crippen MR) is 140 cm³/mol. The number of carbonyl (C=O) groups excluding carboxylic acids is 1. The molecular formula is C27H32N4O5. The molecule has 1 amide bonds. The highest BCUT2D eigenvalue weighted by Crippen LogP contribution is 2.39. The number of H-pyrrole nitrogens is 1. The molecule has 36 heavy (non-hydrogen) atoms. The van der Waals surface area contributed by atoms with Crippen LogP contribution in [-0.4, -0.2) is 47.6 Å². The molecule has 2 aromatic carbocycles. The Morgan fingerprint density at radius 2 is 1.64 bits per heavy atom. The zero-order valence-electron chi connectivity index (χ0n) is 21.3. The number of methoxy groups -OCH3 is 1. The van der Waals surface area contributed by atoms with E-state index >= 15 is 0 Å². The summed E-state index contributed by atoms with van der Waals surface area (Å²) in [5.74, 6) is 2.28. The van der Waals surface area contributed by atoms with Gasteiger partial charge in [0, 0.05) is 29.6 Å². The smallest absolute Gasteiger partial charge is 0.257 e. The van der Waals surface area contributed by atoms with Gasteiger partial charge in [0.25, 0.3) is 5.91 Å². The summed E-state index contributed by atoms with van der Waals surface area (Å²) in [6.45, 7) is 9.78. The molecular weight excluding hydrogens is 460 g/mol. The van der Waals surface area contributed by atoms with E-state index in [0.29, 0.717) is 48.5 Å². The van der Waals surface area contributed by atoms with Gasteiger partial charge in [0.1, 0.15) is 5.75 Å². The van der Waals surface area contributed by atoms with Crippen molar-refractivity contribution in [3.8, 4) is 34.4 Å². The maximum atomic E-state index is 13.1. The zero-order chi connectivity index (χ0) is 25.7. The van der Waals surface area contributed by atoms with Crippen LogP contribution >= 0.6 is 0 Å². The molecule has 0 bridgehead atoms. The Labute approximate surface area is 210 Å². The second-order valence-corrected chi connectivity index (χ2v) is 7.92. The lowest BCUT2D eigenvalue weighted by Crippen LogP contribution is -2.13. The van der Waals surface area contributed by atoms with Crippen molar-refractivity contribution in [1.29, 1.82) is 0 Å². The number of nitrogens with zero attached hydrogens (tertiary/aromatic N) is 2. The molecule has 0 saturated heterocycles. The van der Waals surface area contributed by atoms with Gasteiger partial charge < -0.3 is 28.8 Å². The summed E-state index contributed by atoms with van der Waals surface area (Å²) in [6, 6.07) is 13.2. The summed E-state index contributed by atoms with van der Waals surface area (Å²) in [6.07, 6.45) is 0. The van der Waals surface area contributed by atoms with Crippen LogP contribution in [0.3, 0.4) is 0 Å². The normalized spacial score (nSPS) is 10.9. The fourth-order valence-corrected chi connectivity index (χ4v) is 4.15. The lowest BCUT2D eigenvalue weighted by molar-refractivity contribution is 0.102. The second-order valence-electron chi connectivity index (χ2n) is 7.92. The van der Waals surface area contributed by atoms with E-state index in [1.807, 2.05) is 45.0 Å². The molecule has 0 radical (unpaired) electrons. The lowest BCUT2D eigenvalue weighted by Gasteiger charge is -2.16. The maximum absolute atomic E-state index is 13.1. The van der Waals surface area contributed by atoms with Gasteiger partial charge in [-0.2, -0.15) is 5.10 Å². The molecule has 0 fully saturated rings. The highest BCUT2D eigenvalue weighted by Gasteiger charge is 2.20. The third-order valence-electron chi connectivity index (χ3n) is 5.69. The molecule has 4 rings (SSSR count). The summed E-state index contributed by atoms with van der Waals surface area (Å²) in [5.41, 5.74) is 3.20. The van der Waals surface area contributed by atoms with Crippen LogP contribution in [0, 0.1) is 0 Å². The standard InChI is InChI=1S/C27H32N4O5/c1-6-31-21-15-19(33-5)11-10-17(21)12-22(31)20-16-25(30-29-20)28-27(32)18-13-23(34-7-2)26(36-9-4)24(14-18)35-8-3/h10-16H,6-9H2,1-5H3,(H2,28,29,30,32). The predicted octanol–water partition coefficient (Wildman–Crippen LogP) is 5.51. The largest absolute Gasteiger partial charge is 0.497 e. The first kappa shape index (κ1) is 25.0. The zero-order valence-corrected chi connectivity index (χ0v) is 21.3. The summed E-state index contributed by atoms with van der Waals surface area (Å²) < 4.78 is 24.8. The molecule has 0 atom stereocenters. The molecule has 190 valence electrons. The molecule has 0 saturated carbocycles. The van der Waals surface area contributed by atoms with Crippen LogP contribution in [0.2, 0.25) is 0 Å². The van der Waals surface area contributed by atoms with Crippen molar-refractivity contribution in [2.45, 2.75) is 34.2 Å². The number of fused-ring (bicyclic) bond motifs is 1. The quantitative estimate of drug-likeness (QED) is 0.286. The number of ether oxygens (including phenoxy) is 4. The molecule has 4 aromatic rings. The number of aromatic amines is 1. The third-order valence-corrected chi connectivity index (χ3v) is 5.69. The van der Waals surface area contributed by atoms with Gasteiger partial charge in [0.15, 0.2) is 17.3 Å². The van der Waals surface area contributed by atoms with Crippen molar-refractivity contribution in [3.63, 3.8) is 0 Å². The molecule has 2 N–H and O–H groups in total. The van der Waals surface area contributed by atoms with Gasteiger partial charge in [-0.1, -0.05) is 0 Å². The molecule has 0 spiro atoms. The lowest BCUT2D eigenvalue weighted by atomic mass is 10.1. The first-order valence-electron chi connectivity index (χ1n) is 12.1. The number of benzene rings is 2. The van der Waals surface area contributed by atoms with Gasteiger partial charge >= 0.3 is 0 Å². The molecule has 9 heteroatoms. The Bertz CT molecular complexity index is 1330. The van der Waals surface area contributed by atoms with Gasteiger partial charge in [-0.3, -0.25) is 9.89 Å². The summed E-state index contributed by atoms with van der Waals surface area (Å²) >= 11 is 0. The number of nitrogens with one attached hydrogen (secondary N) is 2. The number of aromatic nitrogens is 3. The van der Waals surface area contributed by atoms with Crippen LogP contribution in [0.1, 0.15) is 38.1 Å². The first-order valence-corrected chi connectivity index (χ1v) is 12.1. The number of rotatable bonds is 11. The van der Waals surface area contributed by atoms with E-state index in [1.54, 1.807) is 19.2 Å². The highest BCUT2D eigenvalue weighted by atomic mass is 16.5. The van der Waals surface area contributed by atoms with Crippen LogP contribution in [0.15, 0.2) is 42.5 Å². The van der Waals surface area contributed by atoms with Gasteiger partial charge in [-0.15, -0.1) is 0 Å². The molecule has 2 aromatic heterocycles. The average Bonchev–Trinajstić information content (AvgIpc) is 3.49. The van der Waals surface area contributed by atoms with E-state index in [1.165, 1.54) is 0 Å². The van der Waals surface area contributed by atoms with Crippen LogP contribution in [0.5, 0.6) is 23.0 Å². The van der Waals surface area contributed by atoms with E-state index in [-0.39, 0.29) is 5.91 Å². The van der Waals surface area contributed by atoms with Crippen molar-refractivity contribution in [1.82, 2.24) is 14.8 Å². The third kappa shape index (κ3) is 4.95. The van der Waals surface area contributed by atoms with Crippen LogP contribution in [0.4, 0.5) is 5.82 Å². The van der Waals surface area contributed by atoms with Crippen LogP contribution in [0.25, 0.3) is 22.3 Å². The minimum absolute atomic E-state index is 0.334. The number of hydrogen-bond acceptors (Lipinski definition) is 6. The Morgan fingerprint density at radius 3 is 2.25 bits per heavy atom. The van der Waals surface area contributed by atoms with Gasteiger partial charge in [-0.25, -0.2) is 0 Å². The van der Waals surface area contributed by atoms with E-state index < -0.39 is 0 Å². The Balaban J connectivity index is 1.63. The SMILES string of the molecule is CCOc1cc(C(=O)Nc2cc(-c3cc4ccc(OC)cc4n3CC)[nH]n2)cc(OCC)c1OCC. The molecule has 9 nitrogen and oxygen atoms in total. The van der Waals surface area contributed by atoms with E-state index in [9.17, 15) is 4.79 Å². The number of anilines is 1. The monoisotopic (exact) mass is 492 g/mol. The number of carbonyl (C=O) groups is 1. The number of aryl methyl sites for hydroxylation is 1. The molecule has 0 aliphatic heterocycles. The van der Waals surface area contributed by atoms with Crippen molar-refractivity contribution in [2.24, 2.45) is 0 Å². The fourth-order valence-electron chi connectivity index (χ4n) is 4.15. The van der Waals surface area contributed by atoms with Crippen molar-refractivity contribution >= 4 is 22.6 Å². The molecule has 2 heterocycles. The van der Waals surface area contributed by atoms with Crippen molar-refractivity contribution < 1.29 is 23.7 Å². The minimum atomic E-state index is -0.334. The Morgan fingerprint density at radius 1 is 0.944 bits per heavy atom. The topological polar surface area (TPSA) is 99.6 Å². The Kier molecular flexibility index (Phi) is 7.68. The number of amides is 1. The van der Waals surface area contributed by atoms with Crippen molar-refractivity contribution in [3.05, 3.63) is 48.0 Å². The van der Waals surface area contributed by atoms with E-state index in [2.05, 4.69) is 33.1 Å². The summed E-state index contributed by atoms with van der Waals surface area (Å²) in [4.78, 5) is 13.1. The van der Waals surface area contributed by atoms with Crippen LogP contribution in [-0.2, 0) is 6.54 Å². The van der Waals surface area contributed by atoms with Crippen molar-refractivity contribution in [2.75, 3.05) is 32.2 Å². The highest BCUT2D eigenvalue weighted by molar-refractivity contribution is 6.05. The van der Waals surface area contributed by atoms with E-state index in [0.717, 1.165) is 34.6 Å². The molecule has 0 aliphatic carbocycles. The second kappa shape index (κ2) is 11.1. The maximum Gasteiger partial charge on any atom is 0.257 e. The van der Waals surface area contributed by atoms with Gasteiger partial charge in [0.2, 0.25) is 5.75 Å². The minimum Gasteiger partial charge on any atom is -0.497 e. The summed E-state index contributed by atoms with van der Waals surface area (Å²) in [5, 5.41) is 11.3. The molecule has 0 unspecified atom stereocenters. The summed E-state index contributed by atoms with van der Waals surface area (Å²) in [7, 11) is 1.66. The van der Waals surface area contributed by atoms with Crippen LogP contribution < -0.4 is 24.3 Å². The van der Waals surface area contributed by atoms with Gasteiger partial charge in [-0.05, 0) is 58.0 Å². The fraction of sp³-hybridized carbons (Fsp3) is 0.333. The Hall–Kier alpha value is -4.14. The molecule has 0 aliphatic rings. The first-order chi connectivity index (χ1) is 17.5. The average molecular weight is 493 g/mol. The number of hydrogen-bond donors (Lipinski definition) is 2. The van der Waals surface area contributed by atoms with E-state index in [4.69, 9.17) is 18.9 Å². The van der Waals surface area contributed by atoms with Gasteiger partial charge in [0.05, 0.1) is 43.8 Å².